The number of H-pyrrole nitrogens is 1. The second-order valence-corrected chi connectivity index (χ2v) is 9.11. The zero-order chi connectivity index (χ0) is 21.9. The highest BCUT2D eigenvalue weighted by molar-refractivity contribution is 6.01. The van der Waals surface area contributed by atoms with Gasteiger partial charge in [0.15, 0.2) is 0 Å². The van der Waals surface area contributed by atoms with Crippen molar-refractivity contribution in [3.05, 3.63) is 84.2 Å². The number of carbonyl (C=O) groups excluding carboxylic acids is 1. The van der Waals surface area contributed by atoms with Crippen LogP contribution in [0.15, 0.2) is 73.1 Å². The Morgan fingerprint density at radius 2 is 1.84 bits per heavy atom. The Kier molecular flexibility index (Phi) is 5.71. The summed E-state index contributed by atoms with van der Waals surface area (Å²) in [6.07, 6.45) is 7.87. The van der Waals surface area contributed by atoms with E-state index in [1.807, 2.05) is 30.3 Å². The van der Waals surface area contributed by atoms with Gasteiger partial charge in [0.2, 0.25) is 0 Å². The molecule has 0 saturated heterocycles. The molecule has 2 heterocycles. The van der Waals surface area contributed by atoms with Crippen molar-refractivity contribution in [1.82, 2.24) is 20.5 Å². The molecule has 0 spiro atoms. The fourth-order valence-electron chi connectivity index (χ4n) is 5.13. The van der Waals surface area contributed by atoms with Crippen LogP contribution in [0.2, 0.25) is 0 Å². The molecule has 2 aromatic heterocycles. The van der Waals surface area contributed by atoms with Gasteiger partial charge >= 0.3 is 0 Å². The van der Waals surface area contributed by atoms with Crippen LogP contribution in [-0.4, -0.2) is 27.1 Å². The van der Waals surface area contributed by atoms with E-state index >= 15 is 0 Å². The van der Waals surface area contributed by atoms with Crippen molar-refractivity contribution in [2.75, 3.05) is 0 Å². The molecule has 5 nitrogen and oxygen atoms in total. The highest BCUT2D eigenvalue weighted by Gasteiger charge is 2.28. The highest BCUT2D eigenvalue weighted by atomic mass is 16.1. The number of rotatable bonds is 5. The summed E-state index contributed by atoms with van der Waals surface area (Å²) in [5, 5.41) is 11.8. The highest BCUT2D eigenvalue weighted by Crippen LogP contribution is 2.32. The van der Waals surface area contributed by atoms with Gasteiger partial charge in [0, 0.05) is 34.9 Å². The minimum Gasteiger partial charge on any atom is -0.349 e. The number of nitrogens with zero attached hydrogens (tertiary/aromatic N) is 2. The topological polar surface area (TPSA) is 70.7 Å². The number of carbonyl (C=O) groups is 1. The van der Waals surface area contributed by atoms with Crippen LogP contribution in [0.5, 0.6) is 0 Å². The van der Waals surface area contributed by atoms with Gasteiger partial charge in [-0.1, -0.05) is 37.3 Å². The first-order valence-electron chi connectivity index (χ1n) is 11.4. The summed E-state index contributed by atoms with van der Waals surface area (Å²) < 4.78 is 0. The molecular formula is C27H28N4O. The average Bonchev–Trinajstić information content (AvgIpc) is 3.23. The van der Waals surface area contributed by atoms with Crippen molar-refractivity contribution in [2.24, 2.45) is 11.8 Å². The first-order valence-corrected chi connectivity index (χ1v) is 11.4. The lowest BCUT2D eigenvalue weighted by atomic mass is 9.77. The molecule has 1 fully saturated rings. The average molecular weight is 425 g/mol. The number of amides is 1. The summed E-state index contributed by atoms with van der Waals surface area (Å²) in [6.45, 7) is 2.30. The molecule has 5 rings (SSSR count). The number of pyridine rings is 1. The molecule has 2 N–H and O–H groups in total. The lowest BCUT2D eigenvalue weighted by Gasteiger charge is -2.34. The number of fused-ring (bicyclic) bond motifs is 1. The SMILES string of the molecule is CC1CC(Cc2ccccc2)CC(NC(=O)c2ccc3[nH]nc(-c4ccncc4)c3c2)C1. The number of aromatic nitrogens is 3. The van der Waals surface area contributed by atoms with E-state index in [1.165, 1.54) is 12.0 Å². The normalized spacial score (nSPS) is 20.8. The van der Waals surface area contributed by atoms with Crippen molar-refractivity contribution >= 4 is 16.8 Å². The summed E-state index contributed by atoms with van der Waals surface area (Å²) in [4.78, 5) is 17.2. The molecule has 162 valence electrons. The lowest BCUT2D eigenvalue weighted by Crippen LogP contribution is -2.40. The summed E-state index contributed by atoms with van der Waals surface area (Å²) >= 11 is 0. The third-order valence-electron chi connectivity index (χ3n) is 6.52. The Labute approximate surface area is 188 Å². The molecule has 2 aromatic carbocycles. The molecule has 1 amide bonds. The van der Waals surface area contributed by atoms with Crippen molar-refractivity contribution in [2.45, 2.75) is 38.6 Å². The van der Waals surface area contributed by atoms with E-state index < -0.39 is 0 Å². The molecule has 3 unspecified atom stereocenters. The molecule has 5 heteroatoms. The van der Waals surface area contributed by atoms with E-state index in [1.54, 1.807) is 12.4 Å². The van der Waals surface area contributed by atoms with Gasteiger partial charge in [-0.3, -0.25) is 14.9 Å². The van der Waals surface area contributed by atoms with Gasteiger partial charge in [0.25, 0.3) is 5.91 Å². The Bertz CT molecular complexity index is 1200. The molecule has 32 heavy (non-hydrogen) atoms. The lowest BCUT2D eigenvalue weighted by molar-refractivity contribution is 0.0908. The number of aromatic amines is 1. The van der Waals surface area contributed by atoms with Crippen LogP contribution in [0.1, 0.15) is 42.1 Å². The molecule has 0 aliphatic heterocycles. The Balaban J connectivity index is 1.32. The second-order valence-electron chi connectivity index (χ2n) is 9.11. The maximum atomic E-state index is 13.1. The van der Waals surface area contributed by atoms with Crippen LogP contribution >= 0.6 is 0 Å². The quantitative estimate of drug-likeness (QED) is 0.450. The summed E-state index contributed by atoms with van der Waals surface area (Å²) in [5.41, 5.74) is 4.79. The molecule has 1 saturated carbocycles. The van der Waals surface area contributed by atoms with E-state index in [0.717, 1.165) is 41.4 Å². The van der Waals surface area contributed by atoms with E-state index in [0.29, 0.717) is 17.4 Å². The van der Waals surface area contributed by atoms with Crippen molar-refractivity contribution in [1.29, 1.82) is 0 Å². The molecule has 3 atom stereocenters. The van der Waals surface area contributed by atoms with Crippen LogP contribution in [0, 0.1) is 11.8 Å². The molecule has 4 aromatic rings. The molecule has 0 bridgehead atoms. The van der Waals surface area contributed by atoms with Gasteiger partial charge in [-0.25, -0.2) is 0 Å². The van der Waals surface area contributed by atoms with Gasteiger partial charge in [0.1, 0.15) is 5.69 Å². The zero-order valence-corrected chi connectivity index (χ0v) is 18.3. The Morgan fingerprint density at radius 1 is 1.03 bits per heavy atom. The summed E-state index contributed by atoms with van der Waals surface area (Å²) in [6, 6.07) is 20.5. The van der Waals surface area contributed by atoms with Crippen LogP contribution in [0.25, 0.3) is 22.2 Å². The van der Waals surface area contributed by atoms with Crippen LogP contribution < -0.4 is 5.32 Å². The molecular weight excluding hydrogens is 396 g/mol. The zero-order valence-electron chi connectivity index (χ0n) is 18.3. The second kappa shape index (κ2) is 8.95. The maximum Gasteiger partial charge on any atom is 0.251 e. The standard InChI is InChI=1S/C27H28N4O/c1-18-13-20(15-19-5-3-2-4-6-19)16-23(14-18)29-27(32)22-7-8-25-24(17-22)26(31-30-25)21-9-11-28-12-10-21/h2-12,17-18,20,23H,13-16H2,1H3,(H,29,32)(H,30,31). The van der Waals surface area contributed by atoms with Crippen LogP contribution in [-0.2, 0) is 6.42 Å². The monoisotopic (exact) mass is 424 g/mol. The van der Waals surface area contributed by atoms with Crippen molar-refractivity contribution < 1.29 is 4.79 Å². The van der Waals surface area contributed by atoms with Crippen LogP contribution in [0.3, 0.4) is 0 Å². The predicted molar refractivity (Wildman–Crippen MR) is 127 cm³/mol. The third kappa shape index (κ3) is 4.42. The summed E-state index contributed by atoms with van der Waals surface area (Å²) in [7, 11) is 0. The van der Waals surface area contributed by atoms with Gasteiger partial charge in [-0.2, -0.15) is 5.10 Å². The van der Waals surface area contributed by atoms with Gasteiger partial charge < -0.3 is 5.32 Å². The number of nitrogens with one attached hydrogen (secondary N) is 2. The number of hydrogen-bond acceptors (Lipinski definition) is 3. The van der Waals surface area contributed by atoms with Crippen molar-refractivity contribution in [3.8, 4) is 11.3 Å². The Morgan fingerprint density at radius 3 is 2.66 bits per heavy atom. The number of hydrogen-bond donors (Lipinski definition) is 2. The van der Waals surface area contributed by atoms with E-state index in [2.05, 4.69) is 57.8 Å². The van der Waals surface area contributed by atoms with Gasteiger partial charge in [0.05, 0.1) is 5.52 Å². The predicted octanol–water partition coefficient (Wildman–Crippen LogP) is 5.40. The first kappa shape index (κ1) is 20.4. The Hall–Kier alpha value is -3.47. The first-order chi connectivity index (χ1) is 15.7. The minimum absolute atomic E-state index is 0.00802. The van der Waals surface area contributed by atoms with E-state index in [-0.39, 0.29) is 11.9 Å². The molecule has 1 aliphatic carbocycles. The van der Waals surface area contributed by atoms with E-state index in [4.69, 9.17) is 0 Å². The molecule has 0 radical (unpaired) electrons. The smallest absolute Gasteiger partial charge is 0.251 e. The van der Waals surface area contributed by atoms with Crippen molar-refractivity contribution in [3.63, 3.8) is 0 Å². The molecule has 1 aliphatic rings. The van der Waals surface area contributed by atoms with Gasteiger partial charge in [-0.05, 0) is 73.4 Å². The van der Waals surface area contributed by atoms with E-state index in [9.17, 15) is 4.79 Å². The van der Waals surface area contributed by atoms with Crippen LogP contribution in [0.4, 0.5) is 0 Å². The summed E-state index contributed by atoms with van der Waals surface area (Å²) in [5.74, 6) is 1.20. The third-order valence-corrected chi connectivity index (χ3v) is 6.52. The number of benzene rings is 2. The van der Waals surface area contributed by atoms with Gasteiger partial charge in [-0.15, -0.1) is 0 Å². The fraction of sp³-hybridized carbons (Fsp3) is 0.296. The fourth-order valence-corrected chi connectivity index (χ4v) is 5.13. The largest absolute Gasteiger partial charge is 0.349 e. The minimum atomic E-state index is -0.00802. The maximum absolute atomic E-state index is 13.1.